The van der Waals surface area contributed by atoms with Gasteiger partial charge in [0.1, 0.15) is 0 Å². The van der Waals surface area contributed by atoms with Gasteiger partial charge in [0.05, 0.1) is 6.04 Å². The van der Waals surface area contributed by atoms with Crippen LogP contribution in [0.1, 0.15) is 24.1 Å². The van der Waals surface area contributed by atoms with E-state index in [0.717, 1.165) is 11.1 Å². The molecule has 23 heavy (non-hydrogen) atoms. The summed E-state index contributed by atoms with van der Waals surface area (Å²) in [5, 5.41) is 6.58. The summed E-state index contributed by atoms with van der Waals surface area (Å²) in [7, 11) is 0. The Labute approximate surface area is 146 Å². The van der Waals surface area contributed by atoms with Crippen LogP contribution in [0.25, 0.3) is 6.08 Å². The minimum absolute atomic E-state index is 0.0107. The molecule has 0 aromatic heterocycles. The monoisotopic (exact) mass is 344 g/mol. The maximum atomic E-state index is 11.9. The smallest absolute Gasteiger partial charge is 0.250 e. The summed E-state index contributed by atoms with van der Waals surface area (Å²) >= 11 is 11.2. The highest BCUT2D eigenvalue weighted by Crippen LogP contribution is 2.16. The lowest BCUT2D eigenvalue weighted by Gasteiger charge is -2.16. The van der Waals surface area contributed by atoms with Crippen molar-refractivity contribution in [1.29, 1.82) is 0 Å². The minimum atomic E-state index is -0.303. The number of amides is 1. The second kappa shape index (κ2) is 8.46. The van der Waals surface area contributed by atoms with E-state index >= 15 is 0 Å². The average Bonchev–Trinajstić information content (AvgIpc) is 2.54. The van der Waals surface area contributed by atoms with Crippen molar-refractivity contribution in [3.05, 3.63) is 76.8 Å². The van der Waals surface area contributed by atoms with Crippen LogP contribution in [-0.2, 0) is 4.79 Å². The Morgan fingerprint density at radius 1 is 1.13 bits per heavy atom. The van der Waals surface area contributed by atoms with E-state index in [-0.39, 0.29) is 17.1 Å². The Morgan fingerprint density at radius 3 is 2.48 bits per heavy atom. The zero-order valence-electron chi connectivity index (χ0n) is 12.6. The molecule has 0 unspecified atom stereocenters. The first kappa shape index (κ1) is 17.2. The molecule has 0 bridgehead atoms. The number of hydrogen-bond acceptors (Lipinski definition) is 2. The number of rotatable bonds is 4. The predicted octanol–water partition coefficient (Wildman–Crippen LogP) is 4.11. The zero-order valence-corrected chi connectivity index (χ0v) is 14.2. The first-order valence-corrected chi connectivity index (χ1v) is 7.94. The van der Waals surface area contributed by atoms with Gasteiger partial charge in [0, 0.05) is 11.1 Å². The van der Waals surface area contributed by atoms with Crippen LogP contribution >= 0.6 is 23.8 Å². The summed E-state index contributed by atoms with van der Waals surface area (Å²) in [5.74, 6) is -0.303. The molecule has 0 saturated heterocycles. The molecule has 0 radical (unpaired) electrons. The Morgan fingerprint density at radius 2 is 1.78 bits per heavy atom. The van der Waals surface area contributed by atoms with Gasteiger partial charge in [0.25, 0.3) is 0 Å². The van der Waals surface area contributed by atoms with E-state index in [0.29, 0.717) is 5.02 Å². The largest absolute Gasteiger partial charge is 0.356 e. The van der Waals surface area contributed by atoms with Crippen molar-refractivity contribution in [1.82, 2.24) is 10.6 Å². The summed E-state index contributed by atoms with van der Waals surface area (Å²) in [6, 6.07) is 17.2. The predicted molar refractivity (Wildman–Crippen MR) is 99.2 cm³/mol. The second-order valence-corrected chi connectivity index (χ2v) is 5.77. The van der Waals surface area contributed by atoms with Gasteiger partial charge in [0.2, 0.25) is 5.91 Å². The second-order valence-electron chi connectivity index (χ2n) is 4.95. The maximum Gasteiger partial charge on any atom is 0.250 e. The van der Waals surface area contributed by atoms with Crippen LogP contribution in [-0.4, -0.2) is 11.0 Å². The molecule has 2 aromatic carbocycles. The van der Waals surface area contributed by atoms with Gasteiger partial charge in [-0.2, -0.15) is 0 Å². The zero-order chi connectivity index (χ0) is 16.7. The molecule has 0 fully saturated rings. The van der Waals surface area contributed by atoms with Crippen LogP contribution < -0.4 is 10.6 Å². The summed E-state index contributed by atoms with van der Waals surface area (Å²) in [6.07, 6.45) is 3.06. The molecule has 0 aliphatic heterocycles. The van der Waals surface area contributed by atoms with Crippen molar-refractivity contribution in [3.8, 4) is 0 Å². The van der Waals surface area contributed by atoms with Gasteiger partial charge in [-0.15, -0.1) is 0 Å². The van der Waals surface area contributed by atoms with Gasteiger partial charge in [0.15, 0.2) is 5.11 Å². The highest BCUT2D eigenvalue weighted by atomic mass is 35.5. The lowest BCUT2D eigenvalue weighted by Crippen LogP contribution is -2.39. The van der Waals surface area contributed by atoms with Gasteiger partial charge < -0.3 is 5.32 Å². The summed E-state index contributed by atoms with van der Waals surface area (Å²) in [5.41, 5.74) is 1.87. The quantitative estimate of drug-likeness (QED) is 0.648. The summed E-state index contributed by atoms with van der Waals surface area (Å²) in [6.45, 7) is 1.98. The summed E-state index contributed by atoms with van der Waals surface area (Å²) in [4.78, 5) is 11.9. The molecule has 0 aliphatic carbocycles. The molecule has 2 N–H and O–H groups in total. The number of thiocarbonyl (C=S) groups is 1. The van der Waals surface area contributed by atoms with Crippen molar-refractivity contribution < 1.29 is 4.79 Å². The number of benzene rings is 2. The molecule has 5 heteroatoms. The van der Waals surface area contributed by atoms with Crippen LogP contribution in [0.5, 0.6) is 0 Å². The molecule has 2 rings (SSSR count). The third-order valence-corrected chi connectivity index (χ3v) is 3.77. The number of carbonyl (C=O) groups is 1. The van der Waals surface area contributed by atoms with Crippen LogP contribution in [0, 0.1) is 0 Å². The Bertz CT molecular complexity index is 716. The van der Waals surface area contributed by atoms with Crippen LogP contribution in [0.15, 0.2) is 60.7 Å². The Balaban J connectivity index is 1.88. The Hall–Kier alpha value is -2.17. The van der Waals surface area contributed by atoms with Crippen LogP contribution in [0.2, 0.25) is 5.02 Å². The highest BCUT2D eigenvalue weighted by Gasteiger charge is 2.07. The van der Waals surface area contributed by atoms with Crippen molar-refractivity contribution in [2.45, 2.75) is 13.0 Å². The van der Waals surface area contributed by atoms with Crippen molar-refractivity contribution >= 4 is 40.9 Å². The van der Waals surface area contributed by atoms with E-state index < -0.39 is 0 Å². The molecule has 2 aromatic rings. The van der Waals surface area contributed by atoms with Gasteiger partial charge in [-0.1, -0.05) is 60.1 Å². The third kappa shape index (κ3) is 5.51. The van der Waals surface area contributed by atoms with Crippen molar-refractivity contribution in [3.63, 3.8) is 0 Å². The fourth-order valence-corrected chi connectivity index (χ4v) is 2.46. The van der Waals surface area contributed by atoms with E-state index in [1.165, 1.54) is 6.08 Å². The minimum Gasteiger partial charge on any atom is -0.356 e. The Kier molecular flexibility index (Phi) is 6.32. The number of carbonyl (C=O) groups excluding carboxylic acids is 1. The molecule has 1 amide bonds. The van der Waals surface area contributed by atoms with Gasteiger partial charge in [-0.05, 0) is 42.4 Å². The number of hydrogen-bond donors (Lipinski definition) is 2. The topological polar surface area (TPSA) is 41.1 Å². The van der Waals surface area contributed by atoms with E-state index in [1.54, 1.807) is 12.1 Å². The van der Waals surface area contributed by atoms with E-state index in [1.807, 2.05) is 55.5 Å². The fraction of sp³-hybridized carbons (Fsp3) is 0.111. The van der Waals surface area contributed by atoms with Gasteiger partial charge in [-0.25, -0.2) is 0 Å². The van der Waals surface area contributed by atoms with Gasteiger partial charge >= 0.3 is 0 Å². The fourth-order valence-electron chi connectivity index (χ4n) is 1.99. The molecule has 1 atom stereocenters. The first-order chi connectivity index (χ1) is 11.1. The SMILES string of the molecule is C[C@H](NC(=S)NC(=O)/C=C\c1ccccc1Cl)c1ccccc1. The molecule has 0 aliphatic rings. The molecule has 0 heterocycles. The maximum absolute atomic E-state index is 11.9. The molecule has 3 nitrogen and oxygen atoms in total. The normalized spacial score (nSPS) is 11.9. The van der Waals surface area contributed by atoms with Crippen LogP contribution in [0.3, 0.4) is 0 Å². The van der Waals surface area contributed by atoms with Crippen LogP contribution in [0.4, 0.5) is 0 Å². The first-order valence-electron chi connectivity index (χ1n) is 7.15. The van der Waals surface area contributed by atoms with E-state index in [9.17, 15) is 4.79 Å². The molecular weight excluding hydrogens is 328 g/mol. The number of nitrogens with one attached hydrogen (secondary N) is 2. The molecule has 0 spiro atoms. The summed E-state index contributed by atoms with van der Waals surface area (Å²) < 4.78 is 0. The number of halogens is 1. The lowest BCUT2D eigenvalue weighted by molar-refractivity contribution is -0.115. The third-order valence-electron chi connectivity index (χ3n) is 3.20. The average molecular weight is 345 g/mol. The van der Waals surface area contributed by atoms with Gasteiger partial charge in [-0.3, -0.25) is 10.1 Å². The molecular formula is C18H17ClN2OS. The molecule has 0 saturated carbocycles. The van der Waals surface area contributed by atoms with Crippen molar-refractivity contribution in [2.75, 3.05) is 0 Å². The highest BCUT2D eigenvalue weighted by molar-refractivity contribution is 7.80. The molecule has 118 valence electrons. The van der Waals surface area contributed by atoms with E-state index in [2.05, 4.69) is 10.6 Å². The van der Waals surface area contributed by atoms with E-state index in [4.69, 9.17) is 23.8 Å². The standard InChI is InChI=1S/C18H17ClN2OS/c1-13(14-7-3-2-4-8-14)20-18(23)21-17(22)12-11-15-9-5-6-10-16(15)19/h2-13H,1H3,(H2,20,21,22,23)/b12-11-/t13-/m0/s1. The lowest BCUT2D eigenvalue weighted by atomic mass is 10.1. The van der Waals surface area contributed by atoms with Crippen molar-refractivity contribution in [2.24, 2.45) is 0 Å².